The summed E-state index contributed by atoms with van der Waals surface area (Å²) < 4.78 is 10.7. The van der Waals surface area contributed by atoms with Gasteiger partial charge in [-0.3, -0.25) is 4.79 Å². The Balaban J connectivity index is 3.58. The SMILES string of the molecule is CC/C=C\C/C=C\C/C=C\CCCCCCCCCC(=O)OCC(O)COCCC(C(=O)[O-])[N+](C)(C)C. The Hall–Kier alpha value is -1.96. The Bertz CT molecular complexity index is 665. The van der Waals surface area contributed by atoms with Gasteiger partial charge in [0.25, 0.3) is 0 Å². The molecule has 0 aliphatic rings. The molecular weight excluding hydrogens is 470 g/mol. The molecular formula is C30H53NO6. The lowest BCUT2D eigenvalue weighted by molar-refractivity contribution is -0.889. The Morgan fingerprint density at radius 3 is 2.00 bits per heavy atom. The zero-order valence-electron chi connectivity index (χ0n) is 23.9. The Morgan fingerprint density at radius 1 is 0.838 bits per heavy atom. The van der Waals surface area contributed by atoms with E-state index in [0.29, 0.717) is 6.42 Å². The molecule has 7 heteroatoms. The number of unbranched alkanes of at least 4 members (excludes halogenated alkanes) is 7. The van der Waals surface area contributed by atoms with Gasteiger partial charge in [0.15, 0.2) is 0 Å². The van der Waals surface area contributed by atoms with Crippen molar-refractivity contribution < 1.29 is 33.8 Å². The van der Waals surface area contributed by atoms with Crippen molar-refractivity contribution in [1.82, 2.24) is 0 Å². The van der Waals surface area contributed by atoms with E-state index >= 15 is 0 Å². The van der Waals surface area contributed by atoms with Crippen LogP contribution in [0, 0.1) is 0 Å². The fourth-order valence-corrected chi connectivity index (χ4v) is 3.79. The maximum Gasteiger partial charge on any atom is 0.305 e. The van der Waals surface area contributed by atoms with E-state index in [-0.39, 0.29) is 36.7 Å². The normalized spacial score (nSPS) is 14.1. The predicted molar refractivity (Wildman–Crippen MR) is 148 cm³/mol. The molecule has 0 aromatic heterocycles. The summed E-state index contributed by atoms with van der Waals surface area (Å²) in [6, 6.07) is -0.687. The Kier molecular flexibility index (Phi) is 22.0. The number of esters is 1. The van der Waals surface area contributed by atoms with Crippen molar-refractivity contribution >= 4 is 11.9 Å². The molecule has 0 saturated heterocycles. The van der Waals surface area contributed by atoms with Crippen molar-refractivity contribution in [3.05, 3.63) is 36.5 Å². The second-order valence-electron chi connectivity index (χ2n) is 10.5. The minimum absolute atomic E-state index is 0.00598. The summed E-state index contributed by atoms with van der Waals surface area (Å²) in [5, 5.41) is 21.1. The van der Waals surface area contributed by atoms with Crippen molar-refractivity contribution in [2.24, 2.45) is 0 Å². The number of likely N-dealkylation sites (N-methyl/N-ethyl adjacent to an activating group) is 1. The monoisotopic (exact) mass is 523 g/mol. The van der Waals surface area contributed by atoms with Crippen LogP contribution in [-0.4, -0.2) is 74.6 Å². The molecule has 0 aliphatic heterocycles. The second kappa shape index (κ2) is 23.2. The third-order valence-electron chi connectivity index (χ3n) is 6.02. The van der Waals surface area contributed by atoms with Gasteiger partial charge in [0.1, 0.15) is 18.8 Å². The summed E-state index contributed by atoms with van der Waals surface area (Å²) in [6.07, 6.45) is 25.2. The number of carbonyl (C=O) groups excluding carboxylic acids is 2. The smallest absolute Gasteiger partial charge is 0.305 e. The third-order valence-corrected chi connectivity index (χ3v) is 6.02. The van der Waals surface area contributed by atoms with E-state index in [9.17, 15) is 19.8 Å². The lowest BCUT2D eigenvalue weighted by Gasteiger charge is -2.34. The van der Waals surface area contributed by atoms with Gasteiger partial charge in [-0.15, -0.1) is 0 Å². The van der Waals surface area contributed by atoms with Crippen molar-refractivity contribution in [1.29, 1.82) is 0 Å². The number of hydrogen-bond acceptors (Lipinski definition) is 6. The first-order valence-corrected chi connectivity index (χ1v) is 14.1. The Labute approximate surface area is 225 Å². The average Bonchev–Trinajstić information content (AvgIpc) is 2.83. The van der Waals surface area contributed by atoms with Crippen LogP contribution in [0.1, 0.15) is 90.4 Å². The summed E-state index contributed by atoms with van der Waals surface area (Å²) in [4.78, 5) is 23.1. The molecule has 0 bridgehead atoms. The number of allylic oxidation sites excluding steroid dienone is 6. The fraction of sp³-hybridized carbons (Fsp3) is 0.733. The number of carboxylic acid groups (broad SMARTS) is 1. The molecule has 214 valence electrons. The topological polar surface area (TPSA) is 95.9 Å². The zero-order valence-corrected chi connectivity index (χ0v) is 23.9. The molecule has 0 radical (unpaired) electrons. The van der Waals surface area contributed by atoms with Crippen LogP contribution in [0.3, 0.4) is 0 Å². The first-order valence-electron chi connectivity index (χ1n) is 14.1. The first-order chi connectivity index (χ1) is 17.7. The molecule has 0 aliphatic carbocycles. The highest BCUT2D eigenvalue weighted by Crippen LogP contribution is 2.11. The van der Waals surface area contributed by atoms with Crippen LogP contribution in [0.25, 0.3) is 0 Å². The van der Waals surface area contributed by atoms with E-state index in [0.717, 1.165) is 44.9 Å². The Morgan fingerprint density at radius 2 is 1.41 bits per heavy atom. The molecule has 0 heterocycles. The van der Waals surface area contributed by atoms with Crippen LogP contribution in [0.2, 0.25) is 0 Å². The van der Waals surface area contributed by atoms with E-state index in [1.54, 1.807) is 21.1 Å². The van der Waals surface area contributed by atoms with Crippen LogP contribution >= 0.6 is 0 Å². The largest absolute Gasteiger partial charge is 0.544 e. The van der Waals surface area contributed by atoms with Crippen LogP contribution in [0.15, 0.2) is 36.5 Å². The number of carboxylic acids is 1. The maximum absolute atomic E-state index is 11.9. The van der Waals surface area contributed by atoms with E-state index in [4.69, 9.17) is 9.47 Å². The zero-order chi connectivity index (χ0) is 27.8. The summed E-state index contributed by atoms with van der Waals surface area (Å²) in [6.45, 7) is 2.21. The molecule has 1 N–H and O–H groups in total. The summed E-state index contributed by atoms with van der Waals surface area (Å²) in [7, 11) is 5.34. The van der Waals surface area contributed by atoms with E-state index in [2.05, 4.69) is 43.4 Å². The molecule has 2 unspecified atom stereocenters. The van der Waals surface area contributed by atoms with Gasteiger partial charge in [0.2, 0.25) is 0 Å². The van der Waals surface area contributed by atoms with E-state index < -0.39 is 18.1 Å². The lowest BCUT2D eigenvalue weighted by atomic mass is 10.1. The van der Waals surface area contributed by atoms with E-state index in [1.807, 2.05) is 0 Å². The molecule has 0 saturated carbocycles. The number of rotatable bonds is 24. The van der Waals surface area contributed by atoms with Gasteiger partial charge in [-0.05, 0) is 38.5 Å². The molecule has 0 spiro atoms. The standard InChI is InChI=1S/C30H53NO6/c1-5-6-7-8-9-10-11-12-13-14-15-16-17-18-19-20-21-22-29(33)37-26-27(32)25-36-24-23-28(30(34)35)31(2,3)4/h6-7,9-10,12-13,27-28,32H,5,8,11,14-26H2,1-4H3/b7-6-,10-9-,13-12-. The number of ether oxygens (including phenoxy) is 2. The molecule has 7 nitrogen and oxygen atoms in total. The number of nitrogens with zero attached hydrogens (tertiary/aromatic N) is 1. The van der Waals surface area contributed by atoms with Gasteiger partial charge in [-0.1, -0.05) is 75.5 Å². The molecule has 0 rings (SSSR count). The number of aliphatic carboxylic acids is 1. The van der Waals surface area contributed by atoms with Crippen molar-refractivity contribution in [3.63, 3.8) is 0 Å². The molecule has 0 aromatic carbocycles. The van der Waals surface area contributed by atoms with Gasteiger partial charge < -0.3 is 29.0 Å². The molecule has 0 amide bonds. The fourth-order valence-electron chi connectivity index (χ4n) is 3.79. The van der Waals surface area contributed by atoms with Crippen LogP contribution in [0.4, 0.5) is 0 Å². The quantitative estimate of drug-likeness (QED) is 0.0867. The highest BCUT2D eigenvalue weighted by atomic mass is 16.5. The second-order valence-corrected chi connectivity index (χ2v) is 10.5. The van der Waals surface area contributed by atoms with Crippen LogP contribution in [0.5, 0.6) is 0 Å². The lowest BCUT2D eigenvalue weighted by Crippen LogP contribution is -2.55. The summed E-state index contributed by atoms with van der Waals surface area (Å²) >= 11 is 0. The summed E-state index contributed by atoms with van der Waals surface area (Å²) in [5.41, 5.74) is 0. The highest BCUT2D eigenvalue weighted by molar-refractivity contribution is 5.69. The molecule has 0 fully saturated rings. The van der Waals surface area contributed by atoms with Gasteiger partial charge in [0.05, 0.1) is 40.3 Å². The van der Waals surface area contributed by atoms with Gasteiger partial charge >= 0.3 is 5.97 Å². The number of aliphatic hydroxyl groups excluding tert-OH is 1. The van der Waals surface area contributed by atoms with Gasteiger partial charge in [-0.25, -0.2) is 0 Å². The van der Waals surface area contributed by atoms with Crippen molar-refractivity contribution in [2.45, 2.75) is 103 Å². The molecule has 0 aromatic rings. The number of carbonyl (C=O) groups is 2. The number of hydrogen-bond donors (Lipinski definition) is 1. The highest BCUT2D eigenvalue weighted by Gasteiger charge is 2.24. The average molecular weight is 524 g/mol. The van der Waals surface area contributed by atoms with Gasteiger partial charge in [-0.2, -0.15) is 0 Å². The first kappa shape index (κ1) is 35.0. The third kappa shape index (κ3) is 22.9. The maximum atomic E-state index is 11.9. The molecule has 2 atom stereocenters. The minimum atomic E-state index is -1.12. The van der Waals surface area contributed by atoms with Gasteiger partial charge in [0, 0.05) is 12.8 Å². The van der Waals surface area contributed by atoms with E-state index in [1.165, 1.54) is 25.7 Å². The molecule has 37 heavy (non-hydrogen) atoms. The minimum Gasteiger partial charge on any atom is -0.544 e. The van der Waals surface area contributed by atoms with Crippen molar-refractivity contribution in [3.8, 4) is 0 Å². The summed E-state index contributed by atoms with van der Waals surface area (Å²) in [5.74, 6) is -1.43. The van der Waals surface area contributed by atoms with Crippen molar-refractivity contribution in [2.75, 3.05) is 41.0 Å². The predicted octanol–water partition coefficient (Wildman–Crippen LogP) is 4.49. The number of quaternary nitrogens is 1. The van der Waals surface area contributed by atoms with Crippen LogP contribution in [-0.2, 0) is 19.1 Å². The van der Waals surface area contributed by atoms with Crippen LogP contribution < -0.4 is 5.11 Å². The number of aliphatic hydroxyl groups is 1.